The molecule has 90 valence electrons. The molecule has 0 bridgehead atoms. The number of ether oxygens (including phenoxy) is 1. The number of hydrogen-bond donors (Lipinski definition) is 1. The van der Waals surface area contributed by atoms with Crippen LogP contribution in [-0.4, -0.2) is 25.4 Å². The van der Waals surface area contributed by atoms with Crippen LogP contribution in [0, 0.1) is 11.8 Å². The van der Waals surface area contributed by atoms with Gasteiger partial charge in [-0.1, -0.05) is 24.9 Å². The highest BCUT2D eigenvalue weighted by atomic mass is 16.5. The van der Waals surface area contributed by atoms with Crippen molar-refractivity contribution in [2.45, 2.75) is 45.9 Å². The average molecular weight is 224 g/mol. The first-order valence-corrected chi connectivity index (χ1v) is 5.49. The van der Waals surface area contributed by atoms with Crippen molar-refractivity contribution in [2.24, 2.45) is 5.11 Å². The van der Waals surface area contributed by atoms with Crippen molar-refractivity contribution in [1.29, 1.82) is 0 Å². The Bertz CT molecular complexity index is 273. The van der Waals surface area contributed by atoms with E-state index in [0.717, 1.165) is 19.4 Å². The Morgan fingerprint density at radius 2 is 2.25 bits per heavy atom. The Morgan fingerprint density at radius 3 is 2.81 bits per heavy atom. The Morgan fingerprint density at radius 1 is 1.50 bits per heavy atom. The minimum Gasteiger partial charge on any atom is -0.360 e. The summed E-state index contributed by atoms with van der Waals surface area (Å²) in [6.45, 7) is 7.16. The highest BCUT2D eigenvalue weighted by Crippen LogP contribution is 2.03. The second-order valence-electron chi connectivity index (χ2n) is 3.65. The van der Waals surface area contributed by atoms with E-state index in [4.69, 9.17) is 10.3 Å². The molecule has 0 radical (unpaired) electrons. The third-order valence-electron chi connectivity index (χ3n) is 1.89. The largest absolute Gasteiger partial charge is 0.360 e. The Balaban J connectivity index is 3.74. The van der Waals surface area contributed by atoms with Gasteiger partial charge >= 0.3 is 0 Å². The van der Waals surface area contributed by atoms with Crippen molar-refractivity contribution in [2.75, 3.05) is 13.2 Å². The van der Waals surface area contributed by atoms with E-state index in [1.54, 1.807) is 6.92 Å². The normalized spacial score (nSPS) is 11.5. The molecule has 0 saturated carbocycles. The number of nitrogens with one attached hydrogen (secondary N) is 1. The van der Waals surface area contributed by atoms with E-state index in [2.05, 4.69) is 41.0 Å². The molecule has 0 aliphatic rings. The summed E-state index contributed by atoms with van der Waals surface area (Å²) in [5.41, 5.74) is 8.36. The maximum Gasteiger partial charge on any atom is 0.137 e. The number of rotatable bonds is 8. The van der Waals surface area contributed by atoms with Crippen molar-refractivity contribution in [3.8, 4) is 11.8 Å². The maximum absolute atomic E-state index is 8.36. The molecular formula is C11H20N4O. The van der Waals surface area contributed by atoms with Gasteiger partial charge < -0.3 is 10.1 Å². The van der Waals surface area contributed by atoms with Gasteiger partial charge in [0.2, 0.25) is 0 Å². The Labute approximate surface area is 97.2 Å². The first-order valence-electron chi connectivity index (χ1n) is 5.49. The van der Waals surface area contributed by atoms with Gasteiger partial charge in [-0.25, -0.2) is 0 Å². The highest BCUT2D eigenvalue weighted by Gasteiger charge is 2.05. The van der Waals surface area contributed by atoms with Crippen LogP contribution in [0.25, 0.3) is 10.4 Å². The minimum absolute atomic E-state index is 0.317. The first-order chi connectivity index (χ1) is 7.70. The van der Waals surface area contributed by atoms with Gasteiger partial charge in [-0.2, -0.15) is 0 Å². The van der Waals surface area contributed by atoms with Crippen molar-refractivity contribution < 1.29 is 4.74 Å². The summed E-state index contributed by atoms with van der Waals surface area (Å²) in [5.74, 6) is 5.50. The molecule has 0 fully saturated rings. The molecule has 1 unspecified atom stereocenters. The number of azide groups is 1. The van der Waals surface area contributed by atoms with Crippen LogP contribution >= 0.6 is 0 Å². The predicted octanol–water partition coefficient (Wildman–Crippen LogP) is 2.44. The molecule has 0 aromatic heterocycles. The fourth-order valence-electron chi connectivity index (χ4n) is 1.11. The summed E-state index contributed by atoms with van der Waals surface area (Å²) >= 11 is 0. The van der Waals surface area contributed by atoms with Gasteiger partial charge in [-0.3, -0.25) is 0 Å². The zero-order valence-electron chi connectivity index (χ0n) is 10.2. The topological polar surface area (TPSA) is 70.0 Å². The van der Waals surface area contributed by atoms with Crippen molar-refractivity contribution >= 4 is 0 Å². The lowest BCUT2D eigenvalue weighted by Crippen LogP contribution is -2.24. The lowest BCUT2D eigenvalue weighted by atomic mass is 10.2. The molecular weight excluding hydrogens is 204 g/mol. The van der Waals surface area contributed by atoms with Crippen LogP contribution in [0.3, 0.4) is 0 Å². The molecule has 0 aliphatic carbocycles. The summed E-state index contributed by atoms with van der Waals surface area (Å²) in [5, 5.41) is 6.87. The Hall–Kier alpha value is -1.21. The molecule has 0 aliphatic heterocycles. The summed E-state index contributed by atoms with van der Waals surface area (Å²) in [6.07, 6.45) is 1.23. The predicted molar refractivity (Wildman–Crippen MR) is 64.7 cm³/mol. The molecule has 0 amide bonds. The molecule has 16 heavy (non-hydrogen) atoms. The van der Waals surface area contributed by atoms with Gasteiger partial charge in [0.15, 0.2) is 0 Å². The van der Waals surface area contributed by atoms with Gasteiger partial charge in [-0.05, 0) is 31.8 Å². The molecule has 0 rings (SSSR count). The monoisotopic (exact) mass is 224 g/mol. The second-order valence-corrected chi connectivity index (χ2v) is 3.65. The quantitative estimate of drug-likeness (QED) is 0.226. The highest BCUT2D eigenvalue weighted by molar-refractivity contribution is 4.95. The smallest absolute Gasteiger partial charge is 0.137 e. The van der Waals surface area contributed by atoms with Crippen LogP contribution in [0.5, 0.6) is 0 Å². The average Bonchev–Trinajstić information content (AvgIpc) is 2.24. The fourth-order valence-corrected chi connectivity index (χ4v) is 1.11. The van der Waals surface area contributed by atoms with E-state index in [9.17, 15) is 0 Å². The van der Waals surface area contributed by atoms with E-state index in [-0.39, 0.29) is 0 Å². The first kappa shape index (κ1) is 14.8. The molecule has 0 heterocycles. The van der Waals surface area contributed by atoms with Crippen LogP contribution in [-0.2, 0) is 4.74 Å². The molecule has 0 aromatic rings. The second kappa shape index (κ2) is 10.3. The fraction of sp³-hybridized carbons (Fsp3) is 0.818. The van der Waals surface area contributed by atoms with Crippen LogP contribution in [0.4, 0.5) is 0 Å². The van der Waals surface area contributed by atoms with Crippen LogP contribution < -0.4 is 5.32 Å². The standard InChI is InChI=1S/C11H20N4O/c1-4-5-9-16-11(14-15-12)7-6-8-13-10(2)3/h10-11,13H,6-9H2,1-3H3. The molecule has 1 N–H and O–H groups in total. The van der Waals surface area contributed by atoms with E-state index >= 15 is 0 Å². The molecule has 5 heteroatoms. The van der Waals surface area contributed by atoms with Crippen molar-refractivity contribution in [3.63, 3.8) is 0 Å². The number of nitrogens with zero attached hydrogens (tertiary/aromatic N) is 3. The lowest BCUT2D eigenvalue weighted by molar-refractivity contribution is 0.0750. The minimum atomic E-state index is -0.403. The van der Waals surface area contributed by atoms with Crippen LogP contribution in [0.2, 0.25) is 0 Å². The molecule has 0 saturated heterocycles. The Kier molecular flexibility index (Phi) is 9.53. The summed E-state index contributed by atoms with van der Waals surface area (Å²) < 4.78 is 5.31. The van der Waals surface area contributed by atoms with E-state index in [1.807, 2.05) is 0 Å². The molecule has 5 nitrogen and oxygen atoms in total. The third kappa shape index (κ3) is 9.35. The van der Waals surface area contributed by atoms with Crippen molar-refractivity contribution in [3.05, 3.63) is 10.4 Å². The van der Waals surface area contributed by atoms with Crippen LogP contribution in [0.15, 0.2) is 5.11 Å². The lowest BCUT2D eigenvalue weighted by Gasteiger charge is -2.12. The zero-order chi connectivity index (χ0) is 12.2. The number of hydrogen-bond acceptors (Lipinski definition) is 3. The zero-order valence-corrected chi connectivity index (χ0v) is 10.2. The maximum atomic E-state index is 8.36. The van der Waals surface area contributed by atoms with Crippen molar-refractivity contribution in [1.82, 2.24) is 5.32 Å². The summed E-state index contributed by atoms with van der Waals surface area (Å²) in [6, 6.07) is 0.477. The van der Waals surface area contributed by atoms with E-state index < -0.39 is 6.23 Å². The molecule has 0 aromatic carbocycles. The summed E-state index contributed by atoms with van der Waals surface area (Å²) in [4.78, 5) is 2.76. The molecule has 1 atom stereocenters. The van der Waals surface area contributed by atoms with Gasteiger partial charge in [0.25, 0.3) is 0 Å². The van der Waals surface area contributed by atoms with Crippen LogP contribution in [0.1, 0.15) is 33.6 Å². The van der Waals surface area contributed by atoms with Gasteiger partial charge in [0.1, 0.15) is 12.8 Å². The van der Waals surface area contributed by atoms with E-state index in [0.29, 0.717) is 12.6 Å². The van der Waals surface area contributed by atoms with Gasteiger partial charge in [0.05, 0.1) is 0 Å². The SMILES string of the molecule is CC#CCOC(CCCNC(C)C)N=[N+]=[N-]. The molecule has 0 spiro atoms. The summed E-state index contributed by atoms with van der Waals surface area (Å²) in [7, 11) is 0. The van der Waals surface area contributed by atoms with E-state index in [1.165, 1.54) is 0 Å². The van der Waals surface area contributed by atoms with Gasteiger partial charge in [0, 0.05) is 11.0 Å². The van der Waals surface area contributed by atoms with Gasteiger partial charge in [-0.15, -0.1) is 5.92 Å². The third-order valence-corrected chi connectivity index (χ3v) is 1.89.